The fourth-order valence-electron chi connectivity index (χ4n) is 2.90. The van der Waals surface area contributed by atoms with Crippen molar-refractivity contribution in [1.29, 1.82) is 0 Å². The predicted molar refractivity (Wildman–Crippen MR) is 77.8 cm³/mol. The summed E-state index contributed by atoms with van der Waals surface area (Å²) in [6.07, 6.45) is 4.76. The summed E-state index contributed by atoms with van der Waals surface area (Å²) in [5, 5.41) is 3.10. The maximum atomic E-state index is 12.2. The van der Waals surface area contributed by atoms with E-state index in [1.165, 1.54) is 12.8 Å². The van der Waals surface area contributed by atoms with Gasteiger partial charge in [0.05, 0.1) is 5.92 Å². The van der Waals surface area contributed by atoms with Crippen LogP contribution in [0.4, 0.5) is 0 Å². The monoisotopic (exact) mass is 260 g/mol. The van der Waals surface area contributed by atoms with Gasteiger partial charge in [-0.25, -0.2) is 0 Å². The number of carbonyl (C=O) groups is 1. The summed E-state index contributed by atoms with van der Waals surface area (Å²) in [5.41, 5.74) is 7.10. The van der Waals surface area contributed by atoms with Crippen molar-refractivity contribution in [3.8, 4) is 0 Å². The first-order valence-electron chi connectivity index (χ1n) is 7.20. The molecule has 0 aliphatic heterocycles. The molecular formula is C16H24N2O. The zero-order valence-electron chi connectivity index (χ0n) is 11.7. The Kier molecular flexibility index (Phi) is 4.59. The number of nitrogens with one attached hydrogen (secondary N) is 1. The molecular weight excluding hydrogens is 236 g/mol. The molecule has 1 amide bonds. The minimum absolute atomic E-state index is 0.0996. The van der Waals surface area contributed by atoms with E-state index >= 15 is 0 Å². The van der Waals surface area contributed by atoms with E-state index in [-0.39, 0.29) is 17.2 Å². The molecule has 1 aliphatic rings. The van der Waals surface area contributed by atoms with Crippen molar-refractivity contribution in [3.63, 3.8) is 0 Å². The lowest BCUT2D eigenvalue weighted by molar-refractivity contribution is -0.122. The quantitative estimate of drug-likeness (QED) is 0.854. The van der Waals surface area contributed by atoms with Gasteiger partial charge in [-0.05, 0) is 37.3 Å². The van der Waals surface area contributed by atoms with Gasteiger partial charge in [-0.15, -0.1) is 0 Å². The summed E-state index contributed by atoms with van der Waals surface area (Å²) in [7, 11) is 0. The fourth-order valence-corrected chi connectivity index (χ4v) is 2.90. The number of nitrogens with two attached hydrogens (primary N) is 1. The van der Waals surface area contributed by atoms with Gasteiger partial charge in [0.2, 0.25) is 5.91 Å². The van der Waals surface area contributed by atoms with Crippen LogP contribution in [0.5, 0.6) is 0 Å². The molecule has 1 aliphatic carbocycles. The lowest BCUT2D eigenvalue weighted by Gasteiger charge is -2.28. The highest BCUT2D eigenvalue weighted by molar-refractivity contribution is 5.83. The summed E-state index contributed by atoms with van der Waals surface area (Å²) < 4.78 is 0. The molecule has 0 heterocycles. The van der Waals surface area contributed by atoms with Crippen molar-refractivity contribution in [2.24, 2.45) is 11.1 Å². The van der Waals surface area contributed by atoms with Gasteiger partial charge >= 0.3 is 0 Å². The lowest BCUT2D eigenvalue weighted by atomic mass is 9.86. The average Bonchev–Trinajstić information content (AvgIpc) is 2.94. The largest absolute Gasteiger partial charge is 0.355 e. The third-order valence-corrected chi connectivity index (χ3v) is 4.43. The molecule has 0 radical (unpaired) electrons. The second kappa shape index (κ2) is 6.20. The van der Waals surface area contributed by atoms with Crippen LogP contribution in [0, 0.1) is 5.41 Å². The maximum Gasteiger partial charge on any atom is 0.227 e. The minimum Gasteiger partial charge on any atom is -0.355 e. The van der Waals surface area contributed by atoms with E-state index in [0.29, 0.717) is 6.54 Å². The van der Waals surface area contributed by atoms with E-state index < -0.39 is 0 Å². The van der Waals surface area contributed by atoms with E-state index in [2.05, 4.69) is 5.32 Å². The predicted octanol–water partition coefficient (Wildman–Crippen LogP) is 2.43. The molecule has 0 saturated heterocycles. The molecule has 1 saturated carbocycles. The molecule has 0 spiro atoms. The first kappa shape index (κ1) is 14.1. The van der Waals surface area contributed by atoms with Crippen LogP contribution in [0.25, 0.3) is 0 Å². The summed E-state index contributed by atoms with van der Waals surface area (Å²) >= 11 is 0. The van der Waals surface area contributed by atoms with Crippen LogP contribution >= 0.6 is 0 Å². The van der Waals surface area contributed by atoms with Gasteiger partial charge < -0.3 is 11.1 Å². The molecule has 104 valence electrons. The summed E-state index contributed by atoms with van der Waals surface area (Å²) in [5.74, 6) is 0.00310. The van der Waals surface area contributed by atoms with Crippen molar-refractivity contribution >= 4 is 5.91 Å². The number of amides is 1. The van der Waals surface area contributed by atoms with Gasteiger partial charge in [0.15, 0.2) is 0 Å². The summed E-state index contributed by atoms with van der Waals surface area (Å²) in [6, 6.07) is 9.90. The Hall–Kier alpha value is -1.35. The van der Waals surface area contributed by atoms with Crippen molar-refractivity contribution in [1.82, 2.24) is 5.32 Å². The molecule has 1 fully saturated rings. The van der Waals surface area contributed by atoms with Crippen molar-refractivity contribution < 1.29 is 4.79 Å². The Morgan fingerprint density at radius 1 is 1.32 bits per heavy atom. The third kappa shape index (κ3) is 3.35. The highest BCUT2D eigenvalue weighted by atomic mass is 16.1. The molecule has 1 atom stereocenters. The van der Waals surface area contributed by atoms with Crippen molar-refractivity contribution in [3.05, 3.63) is 35.9 Å². The second-order valence-electron chi connectivity index (χ2n) is 5.76. The molecule has 19 heavy (non-hydrogen) atoms. The Morgan fingerprint density at radius 3 is 2.53 bits per heavy atom. The average molecular weight is 260 g/mol. The fraction of sp³-hybridized carbons (Fsp3) is 0.562. The molecule has 3 heteroatoms. The SMILES string of the molecule is CC(C(=O)NCC1(CN)CCCC1)c1ccccc1. The van der Waals surface area contributed by atoms with Crippen LogP contribution < -0.4 is 11.1 Å². The Bertz CT molecular complexity index is 410. The number of carbonyl (C=O) groups excluding carboxylic acids is 1. The highest BCUT2D eigenvalue weighted by Crippen LogP contribution is 2.36. The molecule has 3 nitrogen and oxygen atoms in total. The van der Waals surface area contributed by atoms with Crippen LogP contribution in [-0.4, -0.2) is 19.0 Å². The topological polar surface area (TPSA) is 55.1 Å². The van der Waals surface area contributed by atoms with Crippen LogP contribution in [0.1, 0.15) is 44.1 Å². The maximum absolute atomic E-state index is 12.2. The molecule has 1 aromatic carbocycles. The van der Waals surface area contributed by atoms with Crippen LogP contribution in [0.3, 0.4) is 0 Å². The molecule has 1 aromatic rings. The standard InChI is InChI=1S/C16H24N2O/c1-13(14-7-3-2-4-8-14)15(19)18-12-16(11-17)9-5-6-10-16/h2-4,7-8,13H,5-6,9-12,17H2,1H3,(H,18,19). The molecule has 0 bridgehead atoms. The van der Waals surface area contributed by atoms with Crippen molar-refractivity contribution in [2.75, 3.05) is 13.1 Å². The van der Waals surface area contributed by atoms with Gasteiger partial charge in [-0.3, -0.25) is 4.79 Å². The van der Waals surface area contributed by atoms with E-state index in [0.717, 1.165) is 24.9 Å². The van der Waals surface area contributed by atoms with E-state index in [9.17, 15) is 4.79 Å². The van der Waals surface area contributed by atoms with Crippen LogP contribution in [0.15, 0.2) is 30.3 Å². The van der Waals surface area contributed by atoms with E-state index in [1.807, 2.05) is 37.3 Å². The molecule has 2 rings (SSSR count). The van der Waals surface area contributed by atoms with Crippen LogP contribution in [-0.2, 0) is 4.79 Å². The molecule has 3 N–H and O–H groups in total. The Labute approximate surface area is 115 Å². The van der Waals surface area contributed by atoms with Gasteiger partial charge in [0.25, 0.3) is 0 Å². The van der Waals surface area contributed by atoms with Gasteiger partial charge in [-0.2, -0.15) is 0 Å². The first-order valence-corrected chi connectivity index (χ1v) is 7.20. The molecule has 1 unspecified atom stereocenters. The lowest BCUT2D eigenvalue weighted by Crippen LogP contribution is -2.41. The van der Waals surface area contributed by atoms with Gasteiger partial charge in [0.1, 0.15) is 0 Å². The zero-order chi connectivity index (χ0) is 13.7. The minimum atomic E-state index is -0.0996. The number of benzene rings is 1. The zero-order valence-corrected chi connectivity index (χ0v) is 11.7. The molecule has 0 aromatic heterocycles. The van der Waals surface area contributed by atoms with Crippen molar-refractivity contribution in [2.45, 2.75) is 38.5 Å². The Morgan fingerprint density at radius 2 is 1.95 bits per heavy atom. The normalized spacial score (nSPS) is 19.1. The summed E-state index contributed by atoms with van der Waals surface area (Å²) in [4.78, 5) is 12.2. The van der Waals surface area contributed by atoms with Gasteiger partial charge in [0, 0.05) is 6.54 Å². The highest BCUT2D eigenvalue weighted by Gasteiger charge is 2.33. The number of hydrogen-bond donors (Lipinski definition) is 2. The first-order chi connectivity index (χ1) is 9.17. The van der Waals surface area contributed by atoms with Gasteiger partial charge in [-0.1, -0.05) is 43.2 Å². The van der Waals surface area contributed by atoms with Crippen LogP contribution in [0.2, 0.25) is 0 Å². The third-order valence-electron chi connectivity index (χ3n) is 4.43. The summed E-state index contributed by atoms with van der Waals surface area (Å²) in [6.45, 7) is 3.35. The smallest absolute Gasteiger partial charge is 0.227 e. The Balaban J connectivity index is 1.91. The number of rotatable bonds is 5. The second-order valence-corrected chi connectivity index (χ2v) is 5.76. The van der Waals surface area contributed by atoms with E-state index in [1.54, 1.807) is 0 Å². The number of hydrogen-bond acceptors (Lipinski definition) is 2. The van der Waals surface area contributed by atoms with E-state index in [4.69, 9.17) is 5.73 Å².